The maximum Gasteiger partial charge on any atom is 0.126 e. The Morgan fingerprint density at radius 2 is 1.30 bits per heavy atom. The van der Waals surface area contributed by atoms with Crippen molar-refractivity contribution < 1.29 is 9.47 Å². The van der Waals surface area contributed by atoms with E-state index < -0.39 is 0 Å². The van der Waals surface area contributed by atoms with Crippen molar-refractivity contribution in [2.24, 2.45) is 0 Å². The fourth-order valence-electron chi connectivity index (χ4n) is 3.51. The van der Waals surface area contributed by atoms with Gasteiger partial charge >= 0.3 is 0 Å². The van der Waals surface area contributed by atoms with Crippen LogP contribution in [0.4, 0.5) is 0 Å². The molecule has 0 bridgehead atoms. The van der Waals surface area contributed by atoms with Crippen molar-refractivity contribution in [3.63, 3.8) is 0 Å². The summed E-state index contributed by atoms with van der Waals surface area (Å²) in [5.41, 5.74) is 5.21. The topological polar surface area (TPSA) is 18.5 Å². The molecule has 2 aliphatic heterocycles. The molecule has 2 aromatic carbocycles. The monoisotopic (exact) mass is 326 g/mol. The van der Waals surface area contributed by atoms with E-state index in [-0.39, 0.29) is 0 Å². The van der Waals surface area contributed by atoms with Gasteiger partial charge in [0.15, 0.2) is 0 Å². The van der Waals surface area contributed by atoms with Crippen molar-refractivity contribution in [1.29, 1.82) is 0 Å². The lowest BCUT2D eigenvalue weighted by Crippen LogP contribution is -2.21. The Balaban J connectivity index is 1.28. The van der Waals surface area contributed by atoms with Gasteiger partial charge < -0.3 is 9.47 Å². The van der Waals surface area contributed by atoms with Gasteiger partial charge in [-0.1, -0.05) is 36.4 Å². The molecule has 0 amide bonds. The lowest BCUT2D eigenvalue weighted by Gasteiger charge is -2.14. The van der Waals surface area contributed by atoms with Crippen LogP contribution in [0.25, 0.3) is 0 Å². The molecule has 4 rings (SSSR count). The van der Waals surface area contributed by atoms with Crippen LogP contribution in [0, 0.1) is 13.8 Å². The largest absolute Gasteiger partial charge is 0.489 e. The third-order valence-electron chi connectivity index (χ3n) is 4.66. The summed E-state index contributed by atoms with van der Waals surface area (Å²) in [7, 11) is 0. The average molecular weight is 326 g/mol. The molecular weight excluding hydrogens is 304 g/mol. The molecule has 2 nitrogen and oxygen atoms in total. The van der Waals surface area contributed by atoms with Crippen molar-refractivity contribution in [1.82, 2.24) is 0 Å². The van der Waals surface area contributed by atoms with Crippen LogP contribution in [0.2, 0.25) is 0 Å². The summed E-state index contributed by atoms with van der Waals surface area (Å²) in [6, 6.07) is 12.9. The van der Waals surface area contributed by atoms with Gasteiger partial charge in [-0.25, -0.2) is 0 Å². The van der Waals surface area contributed by atoms with E-state index in [1.807, 2.05) is 11.8 Å². The summed E-state index contributed by atoms with van der Waals surface area (Å²) < 4.78 is 12.2. The fourth-order valence-corrected chi connectivity index (χ4v) is 4.54. The molecule has 0 aliphatic carbocycles. The minimum Gasteiger partial charge on any atom is -0.489 e. The Morgan fingerprint density at radius 1 is 0.826 bits per heavy atom. The molecule has 0 aromatic heterocycles. The highest BCUT2D eigenvalue weighted by molar-refractivity contribution is 7.99. The van der Waals surface area contributed by atoms with Crippen LogP contribution < -0.4 is 9.47 Å². The molecule has 2 heterocycles. The van der Waals surface area contributed by atoms with Gasteiger partial charge in [0, 0.05) is 24.3 Å². The molecule has 0 fully saturated rings. The van der Waals surface area contributed by atoms with Gasteiger partial charge in [0.1, 0.15) is 23.7 Å². The number of rotatable bonds is 4. The van der Waals surface area contributed by atoms with E-state index >= 15 is 0 Å². The van der Waals surface area contributed by atoms with E-state index in [4.69, 9.17) is 9.47 Å². The maximum atomic E-state index is 6.12. The number of benzene rings is 2. The summed E-state index contributed by atoms with van der Waals surface area (Å²) in [4.78, 5) is 0. The Labute approximate surface area is 142 Å². The van der Waals surface area contributed by atoms with Crippen molar-refractivity contribution >= 4 is 11.8 Å². The quantitative estimate of drug-likeness (QED) is 0.832. The Hall–Kier alpha value is -1.61. The van der Waals surface area contributed by atoms with Crippen LogP contribution in [0.1, 0.15) is 22.3 Å². The zero-order valence-corrected chi connectivity index (χ0v) is 14.5. The molecule has 0 saturated carbocycles. The summed E-state index contributed by atoms with van der Waals surface area (Å²) in [5.74, 6) is 4.28. The molecule has 2 aromatic rings. The Bertz CT molecular complexity index is 664. The molecule has 120 valence electrons. The number of fused-ring (bicyclic) bond motifs is 2. The van der Waals surface area contributed by atoms with E-state index in [0.29, 0.717) is 12.2 Å². The molecule has 23 heavy (non-hydrogen) atoms. The number of ether oxygens (including phenoxy) is 2. The van der Waals surface area contributed by atoms with Crippen LogP contribution in [0.5, 0.6) is 11.5 Å². The minimum absolute atomic E-state index is 0.307. The number of para-hydroxylation sites is 2. The molecular formula is C20H22O2S. The SMILES string of the molecule is Cc1cccc2c1OC(CSCC1Cc3cccc(C)c3O1)C2. The fraction of sp³-hybridized carbons (Fsp3) is 0.400. The number of thioether (sulfide) groups is 1. The van der Waals surface area contributed by atoms with Crippen molar-refractivity contribution in [3.05, 3.63) is 58.7 Å². The van der Waals surface area contributed by atoms with E-state index in [1.165, 1.54) is 22.3 Å². The van der Waals surface area contributed by atoms with Crippen LogP contribution in [0.3, 0.4) is 0 Å². The zero-order valence-electron chi connectivity index (χ0n) is 13.7. The number of aryl methyl sites for hydroxylation is 2. The van der Waals surface area contributed by atoms with E-state index in [2.05, 4.69) is 50.2 Å². The highest BCUT2D eigenvalue weighted by Crippen LogP contribution is 2.35. The second-order valence-electron chi connectivity index (χ2n) is 6.55. The van der Waals surface area contributed by atoms with E-state index in [9.17, 15) is 0 Å². The van der Waals surface area contributed by atoms with Gasteiger partial charge in [-0.05, 0) is 36.1 Å². The normalized spacial score (nSPS) is 21.5. The second kappa shape index (κ2) is 6.12. The standard InChI is InChI=1S/C20H22O2S/c1-13-5-3-7-15-9-17(21-19(13)15)11-23-12-18-10-16-8-4-6-14(2)20(16)22-18/h3-8,17-18H,9-12H2,1-2H3. The number of hydrogen-bond donors (Lipinski definition) is 0. The zero-order chi connectivity index (χ0) is 15.8. The first kappa shape index (κ1) is 14.9. The van der Waals surface area contributed by atoms with Gasteiger partial charge in [0.05, 0.1) is 0 Å². The lowest BCUT2D eigenvalue weighted by molar-refractivity contribution is 0.252. The summed E-state index contributed by atoms with van der Waals surface area (Å²) in [5, 5.41) is 0. The highest BCUT2D eigenvalue weighted by Gasteiger charge is 2.27. The van der Waals surface area contributed by atoms with Crippen molar-refractivity contribution in [2.75, 3.05) is 11.5 Å². The molecule has 2 aliphatic rings. The summed E-state index contributed by atoms with van der Waals surface area (Å²) in [6.45, 7) is 4.25. The van der Waals surface area contributed by atoms with Gasteiger partial charge in [-0.3, -0.25) is 0 Å². The van der Waals surface area contributed by atoms with Gasteiger partial charge in [0.25, 0.3) is 0 Å². The summed E-state index contributed by atoms with van der Waals surface area (Å²) >= 11 is 1.95. The van der Waals surface area contributed by atoms with Crippen molar-refractivity contribution in [2.45, 2.75) is 38.9 Å². The van der Waals surface area contributed by atoms with Crippen LogP contribution >= 0.6 is 11.8 Å². The Morgan fingerprint density at radius 3 is 1.74 bits per heavy atom. The molecule has 0 radical (unpaired) electrons. The molecule has 0 spiro atoms. The van der Waals surface area contributed by atoms with Crippen LogP contribution in [0.15, 0.2) is 36.4 Å². The van der Waals surface area contributed by atoms with Gasteiger partial charge in [-0.15, -0.1) is 0 Å². The third kappa shape index (κ3) is 2.94. The molecule has 2 unspecified atom stereocenters. The Kier molecular flexibility index (Phi) is 3.98. The first-order valence-corrected chi connectivity index (χ1v) is 9.44. The molecule has 2 atom stereocenters. The molecule has 3 heteroatoms. The van der Waals surface area contributed by atoms with Crippen LogP contribution in [-0.2, 0) is 12.8 Å². The van der Waals surface area contributed by atoms with Gasteiger partial charge in [-0.2, -0.15) is 11.8 Å². The predicted molar refractivity (Wildman–Crippen MR) is 95.9 cm³/mol. The van der Waals surface area contributed by atoms with Crippen LogP contribution in [-0.4, -0.2) is 23.7 Å². The predicted octanol–water partition coefficient (Wildman–Crippen LogP) is 4.34. The van der Waals surface area contributed by atoms with E-state index in [0.717, 1.165) is 35.8 Å². The first-order valence-electron chi connectivity index (χ1n) is 8.29. The molecule has 0 N–H and O–H groups in total. The number of hydrogen-bond acceptors (Lipinski definition) is 3. The maximum absolute atomic E-state index is 6.12. The smallest absolute Gasteiger partial charge is 0.126 e. The lowest BCUT2D eigenvalue weighted by atomic mass is 10.1. The minimum atomic E-state index is 0.307. The molecule has 0 saturated heterocycles. The second-order valence-corrected chi connectivity index (χ2v) is 7.63. The summed E-state index contributed by atoms with van der Waals surface area (Å²) in [6.07, 6.45) is 2.69. The van der Waals surface area contributed by atoms with Crippen molar-refractivity contribution in [3.8, 4) is 11.5 Å². The van der Waals surface area contributed by atoms with Gasteiger partial charge in [0.2, 0.25) is 0 Å². The average Bonchev–Trinajstić information content (AvgIpc) is 3.12. The van der Waals surface area contributed by atoms with E-state index in [1.54, 1.807) is 0 Å². The third-order valence-corrected chi connectivity index (χ3v) is 5.87. The first-order chi connectivity index (χ1) is 11.2. The highest BCUT2D eigenvalue weighted by atomic mass is 32.2.